The molecule has 0 aromatic carbocycles. The van der Waals surface area contributed by atoms with E-state index < -0.39 is 5.91 Å². The summed E-state index contributed by atoms with van der Waals surface area (Å²) in [6.45, 7) is 1.84. The molecule has 0 atom stereocenters. The van der Waals surface area contributed by atoms with Crippen molar-refractivity contribution < 1.29 is 9.42 Å². The number of amides is 1. The lowest BCUT2D eigenvalue weighted by Gasteiger charge is -1.85. The van der Waals surface area contributed by atoms with Gasteiger partial charge in [0, 0.05) is 0 Å². The van der Waals surface area contributed by atoms with E-state index in [1.807, 2.05) is 6.92 Å². The predicted molar refractivity (Wildman–Crippen MR) is 32.2 cm³/mol. The molecule has 1 rings (SSSR count). The van der Waals surface area contributed by atoms with Crippen LogP contribution in [0.2, 0.25) is 0 Å². The molecule has 0 aliphatic heterocycles. The summed E-state index contributed by atoms with van der Waals surface area (Å²) in [5.74, 6) is -0.599. The Morgan fingerprint density at radius 3 is 2.80 bits per heavy atom. The van der Waals surface area contributed by atoms with Crippen molar-refractivity contribution in [2.45, 2.75) is 13.3 Å². The number of carbonyl (C=O) groups excluding carboxylic acids is 1. The molecule has 0 aliphatic rings. The standard InChI is InChI=1S/C5H7N3O2/c1-2-3-4(5(6)9)8-10-7-3/h2H2,1H3,(H2,6,9). The Morgan fingerprint density at radius 2 is 2.40 bits per heavy atom. The number of hydrogen-bond acceptors (Lipinski definition) is 4. The predicted octanol–water partition coefficient (Wildman–Crippen LogP) is -0.269. The largest absolute Gasteiger partial charge is 0.364 e. The minimum absolute atomic E-state index is 0.127. The van der Waals surface area contributed by atoms with Crippen LogP contribution < -0.4 is 5.73 Å². The number of hydrogen-bond donors (Lipinski definition) is 1. The Balaban J connectivity index is 3.01. The quantitative estimate of drug-likeness (QED) is 0.614. The molecule has 0 fully saturated rings. The van der Waals surface area contributed by atoms with Crippen LogP contribution in [0.15, 0.2) is 4.63 Å². The van der Waals surface area contributed by atoms with Crippen molar-refractivity contribution in [2.75, 3.05) is 0 Å². The number of nitrogens with two attached hydrogens (primary N) is 1. The third kappa shape index (κ3) is 0.975. The van der Waals surface area contributed by atoms with Gasteiger partial charge in [-0.1, -0.05) is 12.1 Å². The monoisotopic (exact) mass is 141 g/mol. The summed E-state index contributed by atoms with van der Waals surface area (Å²) in [5.41, 5.74) is 5.57. The van der Waals surface area contributed by atoms with Crippen LogP contribution in [0, 0.1) is 0 Å². The van der Waals surface area contributed by atoms with Gasteiger partial charge in [0.15, 0.2) is 5.69 Å². The van der Waals surface area contributed by atoms with Crippen LogP contribution in [0.1, 0.15) is 23.1 Å². The van der Waals surface area contributed by atoms with E-state index in [1.54, 1.807) is 0 Å². The van der Waals surface area contributed by atoms with E-state index in [9.17, 15) is 4.79 Å². The third-order valence-corrected chi connectivity index (χ3v) is 1.12. The molecule has 54 valence electrons. The van der Waals surface area contributed by atoms with E-state index in [2.05, 4.69) is 14.9 Å². The van der Waals surface area contributed by atoms with Crippen LogP contribution in [0.5, 0.6) is 0 Å². The first kappa shape index (κ1) is 6.73. The van der Waals surface area contributed by atoms with Gasteiger partial charge in [-0.3, -0.25) is 4.79 Å². The van der Waals surface area contributed by atoms with Gasteiger partial charge in [-0.2, -0.15) is 0 Å². The van der Waals surface area contributed by atoms with E-state index >= 15 is 0 Å². The Hall–Kier alpha value is -1.39. The Labute approximate surface area is 57.2 Å². The van der Waals surface area contributed by atoms with E-state index in [4.69, 9.17) is 5.73 Å². The average molecular weight is 141 g/mol. The molecule has 0 spiro atoms. The molecule has 5 nitrogen and oxygen atoms in total. The maximum atomic E-state index is 10.5. The minimum atomic E-state index is -0.599. The molecular weight excluding hydrogens is 134 g/mol. The van der Waals surface area contributed by atoms with E-state index in [0.29, 0.717) is 12.1 Å². The van der Waals surface area contributed by atoms with Gasteiger partial charge in [0.1, 0.15) is 5.69 Å². The van der Waals surface area contributed by atoms with Crippen molar-refractivity contribution in [2.24, 2.45) is 5.73 Å². The van der Waals surface area contributed by atoms with Crippen LogP contribution in [0.3, 0.4) is 0 Å². The van der Waals surface area contributed by atoms with Gasteiger partial charge in [0.05, 0.1) is 0 Å². The SMILES string of the molecule is CCc1nonc1C(N)=O. The van der Waals surface area contributed by atoms with Crippen LogP contribution >= 0.6 is 0 Å². The number of rotatable bonds is 2. The molecule has 0 bridgehead atoms. The van der Waals surface area contributed by atoms with Crippen molar-refractivity contribution in [3.8, 4) is 0 Å². The number of aromatic nitrogens is 2. The Bertz CT molecular complexity index is 243. The zero-order chi connectivity index (χ0) is 7.56. The summed E-state index contributed by atoms with van der Waals surface area (Å²) in [7, 11) is 0. The molecule has 0 saturated heterocycles. The molecule has 10 heavy (non-hydrogen) atoms. The summed E-state index contributed by atoms with van der Waals surface area (Å²) in [6.07, 6.45) is 0.599. The maximum absolute atomic E-state index is 10.5. The molecule has 0 radical (unpaired) electrons. The number of aryl methyl sites for hydroxylation is 1. The highest BCUT2D eigenvalue weighted by atomic mass is 16.6. The normalized spacial score (nSPS) is 9.70. The van der Waals surface area contributed by atoms with Gasteiger partial charge >= 0.3 is 0 Å². The molecule has 1 heterocycles. The number of primary amides is 1. The molecule has 1 aromatic heterocycles. The minimum Gasteiger partial charge on any atom is -0.364 e. The number of nitrogens with zero attached hydrogens (tertiary/aromatic N) is 2. The van der Waals surface area contributed by atoms with Crippen LogP contribution in [-0.4, -0.2) is 16.2 Å². The first-order chi connectivity index (χ1) is 4.75. The fraction of sp³-hybridized carbons (Fsp3) is 0.400. The Morgan fingerprint density at radius 1 is 1.70 bits per heavy atom. The maximum Gasteiger partial charge on any atom is 0.272 e. The van der Waals surface area contributed by atoms with Crippen molar-refractivity contribution in [1.29, 1.82) is 0 Å². The van der Waals surface area contributed by atoms with Gasteiger partial charge in [0.25, 0.3) is 5.91 Å². The zero-order valence-corrected chi connectivity index (χ0v) is 5.50. The second kappa shape index (κ2) is 2.47. The molecule has 2 N–H and O–H groups in total. The average Bonchev–Trinajstić information content (AvgIpc) is 2.33. The highest BCUT2D eigenvalue weighted by Gasteiger charge is 2.12. The van der Waals surface area contributed by atoms with Gasteiger partial charge in [-0.15, -0.1) is 0 Å². The molecule has 1 aromatic rings. The van der Waals surface area contributed by atoms with Crippen LogP contribution in [0.25, 0.3) is 0 Å². The molecule has 0 aliphatic carbocycles. The first-order valence-corrected chi connectivity index (χ1v) is 2.87. The van der Waals surface area contributed by atoms with Crippen LogP contribution in [-0.2, 0) is 6.42 Å². The van der Waals surface area contributed by atoms with Crippen LogP contribution in [0.4, 0.5) is 0 Å². The highest BCUT2D eigenvalue weighted by Crippen LogP contribution is 2.00. The summed E-state index contributed by atoms with van der Waals surface area (Å²) in [4.78, 5) is 10.5. The van der Waals surface area contributed by atoms with Crippen molar-refractivity contribution in [3.05, 3.63) is 11.4 Å². The van der Waals surface area contributed by atoms with E-state index in [0.717, 1.165) is 0 Å². The zero-order valence-electron chi connectivity index (χ0n) is 5.50. The first-order valence-electron chi connectivity index (χ1n) is 2.87. The molecule has 5 heteroatoms. The highest BCUT2D eigenvalue weighted by molar-refractivity contribution is 5.91. The summed E-state index contributed by atoms with van der Waals surface area (Å²) >= 11 is 0. The van der Waals surface area contributed by atoms with Crippen molar-refractivity contribution >= 4 is 5.91 Å². The molecular formula is C5H7N3O2. The third-order valence-electron chi connectivity index (χ3n) is 1.12. The van der Waals surface area contributed by atoms with Gasteiger partial charge in [-0.05, 0) is 11.6 Å². The van der Waals surface area contributed by atoms with Gasteiger partial charge in [-0.25, -0.2) is 4.63 Å². The summed E-state index contributed by atoms with van der Waals surface area (Å²) < 4.78 is 4.30. The molecule has 1 amide bonds. The second-order valence-electron chi connectivity index (χ2n) is 1.78. The van der Waals surface area contributed by atoms with E-state index in [-0.39, 0.29) is 5.69 Å². The lowest BCUT2D eigenvalue weighted by Crippen LogP contribution is -2.13. The second-order valence-corrected chi connectivity index (χ2v) is 1.78. The Kier molecular flexibility index (Phi) is 1.66. The summed E-state index contributed by atoms with van der Waals surface area (Å²) in [5, 5.41) is 6.79. The fourth-order valence-corrected chi connectivity index (χ4v) is 0.626. The lowest BCUT2D eigenvalue weighted by atomic mass is 10.2. The topological polar surface area (TPSA) is 82.0 Å². The summed E-state index contributed by atoms with van der Waals surface area (Å²) in [6, 6.07) is 0. The van der Waals surface area contributed by atoms with E-state index in [1.165, 1.54) is 0 Å². The lowest BCUT2D eigenvalue weighted by molar-refractivity contribution is 0.0990. The van der Waals surface area contributed by atoms with Crippen molar-refractivity contribution in [1.82, 2.24) is 10.3 Å². The van der Waals surface area contributed by atoms with Crippen molar-refractivity contribution in [3.63, 3.8) is 0 Å². The van der Waals surface area contributed by atoms with Gasteiger partial charge in [0.2, 0.25) is 0 Å². The molecule has 0 unspecified atom stereocenters. The number of carbonyl (C=O) groups is 1. The fourth-order valence-electron chi connectivity index (χ4n) is 0.626. The van der Waals surface area contributed by atoms with Gasteiger partial charge < -0.3 is 5.73 Å². The smallest absolute Gasteiger partial charge is 0.272 e. The molecule has 0 saturated carbocycles.